The van der Waals surface area contributed by atoms with Crippen LogP contribution in [0.1, 0.15) is 22.3 Å². The molecular weight excluding hydrogens is 647 g/mol. The summed E-state index contributed by atoms with van der Waals surface area (Å²) in [6.07, 6.45) is 0. The zero-order chi connectivity index (χ0) is 26.7. The van der Waals surface area contributed by atoms with E-state index in [1.165, 1.54) is 0 Å². The van der Waals surface area contributed by atoms with Gasteiger partial charge in [-0.2, -0.15) is 0 Å². The molecule has 4 N–H and O–H groups in total. The second-order valence-electron chi connectivity index (χ2n) is 10.2. The van der Waals surface area contributed by atoms with Gasteiger partial charge in [-0.1, -0.05) is 0 Å². The summed E-state index contributed by atoms with van der Waals surface area (Å²) in [6.45, 7) is 0. The Balaban J connectivity index is 0.00000139. The van der Waals surface area contributed by atoms with E-state index in [4.69, 9.17) is 30.0 Å². The second kappa shape index (κ2) is 9.23. The summed E-state index contributed by atoms with van der Waals surface area (Å²) in [5.41, 5.74) is 5.68. The molecule has 0 unspecified atom stereocenters. The molecule has 2 aromatic heterocycles. The molecule has 0 atom stereocenters. The summed E-state index contributed by atoms with van der Waals surface area (Å²) in [5, 5.41) is 4.19. The summed E-state index contributed by atoms with van der Waals surface area (Å²) in [4.78, 5) is 31.1. The van der Waals surface area contributed by atoms with Gasteiger partial charge in [-0.25, -0.2) is 0 Å². The first-order chi connectivity index (χ1) is 20.3. The number of fused-ring (bicyclic) bond motifs is 14. The SMILES string of the molecule is O.O.c1ccc2c(c1)C1=NC2=Nc2c3ccccc3c3[n]2[Sn][n]2c(c4ccccc4c2=NC2=NC(=N3)c3ccccc32)=N1. The van der Waals surface area contributed by atoms with Crippen LogP contribution in [0.25, 0.3) is 21.5 Å². The van der Waals surface area contributed by atoms with Crippen molar-refractivity contribution in [2.45, 2.75) is 0 Å². The predicted octanol–water partition coefficient (Wildman–Crippen LogP) is 2.82. The molecule has 43 heavy (non-hydrogen) atoms. The quantitative estimate of drug-likeness (QED) is 0.220. The van der Waals surface area contributed by atoms with Crippen molar-refractivity contribution < 1.29 is 11.0 Å². The van der Waals surface area contributed by atoms with Crippen LogP contribution in [-0.2, 0) is 0 Å². The molecule has 0 spiro atoms. The molecule has 10 nitrogen and oxygen atoms in total. The molecule has 4 aromatic carbocycles. The molecule has 0 fully saturated rings. The van der Waals surface area contributed by atoms with E-state index in [0.29, 0.717) is 23.3 Å². The van der Waals surface area contributed by atoms with Crippen LogP contribution in [0.3, 0.4) is 0 Å². The molecule has 2 radical (unpaired) electrons. The molecule has 6 aromatic rings. The molecule has 0 amide bonds. The molecule has 4 aliphatic heterocycles. The van der Waals surface area contributed by atoms with Gasteiger partial charge in [-0.15, -0.1) is 0 Å². The van der Waals surface area contributed by atoms with Gasteiger partial charge in [-0.05, 0) is 0 Å². The maximum atomic E-state index is 5.26. The Kier molecular flexibility index (Phi) is 5.51. The molecule has 0 aliphatic carbocycles. The van der Waals surface area contributed by atoms with E-state index < -0.39 is 21.7 Å². The summed E-state index contributed by atoms with van der Waals surface area (Å²) < 4.78 is 4.65. The number of aliphatic imine (C=N–C) groups is 4. The third kappa shape index (κ3) is 3.42. The Morgan fingerprint density at radius 1 is 0.372 bits per heavy atom. The standard InChI is InChI=1S/C32H16N8.2H2O.Sn/c1-2-10-18-17(9-1)25-33-26(18)38-28-21-13-5-6-14-22(21)30(35-28)40-32-24-16-8-7-15-23(24)31(36-32)39-29-20-12-4-3-11-19(20)27(34-29)37-25;;;/h1-16H;2*1H2;/q-2;;;+2. The van der Waals surface area contributed by atoms with Crippen molar-refractivity contribution in [1.29, 1.82) is 0 Å². The molecule has 11 heteroatoms. The average molecular weight is 667 g/mol. The van der Waals surface area contributed by atoms with Crippen molar-refractivity contribution in [3.63, 3.8) is 0 Å². The summed E-state index contributed by atoms with van der Waals surface area (Å²) >= 11 is -1.74. The number of nitrogens with zero attached hydrogens (tertiary/aromatic N) is 8. The molecule has 4 aliphatic rings. The van der Waals surface area contributed by atoms with Gasteiger partial charge in [0.15, 0.2) is 0 Å². The zero-order valence-electron chi connectivity index (χ0n) is 22.3. The number of hydrogen-bond acceptors (Lipinski definition) is 6. The molecule has 0 saturated heterocycles. The topological polar surface area (TPSA) is 147 Å². The van der Waals surface area contributed by atoms with Gasteiger partial charge in [0.05, 0.1) is 0 Å². The fraction of sp³-hybridized carbons (Fsp3) is 0. The van der Waals surface area contributed by atoms with Crippen molar-refractivity contribution >= 4 is 78.2 Å². The van der Waals surface area contributed by atoms with Crippen molar-refractivity contribution in [3.8, 4) is 0 Å². The van der Waals surface area contributed by atoms with Crippen LogP contribution < -0.4 is 11.0 Å². The monoisotopic (exact) mass is 668 g/mol. The van der Waals surface area contributed by atoms with Crippen LogP contribution in [0.4, 0.5) is 11.6 Å². The predicted molar refractivity (Wildman–Crippen MR) is 168 cm³/mol. The molecule has 10 rings (SSSR count). The fourth-order valence-electron chi connectivity index (χ4n) is 6.09. The van der Waals surface area contributed by atoms with Gasteiger partial charge >= 0.3 is 244 Å². The van der Waals surface area contributed by atoms with Gasteiger partial charge in [-0.3, -0.25) is 0 Å². The van der Waals surface area contributed by atoms with E-state index in [2.05, 4.69) is 78.4 Å². The van der Waals surface area contributed by atoms with Crippen LogP contribution >= 0.6 is 0 Å². The first kappa shape index (κ1) is 25.7. The van der Waals surface area contributed by atoms with Crippen molar-refractivity contribution in [2.75, 3.05) is 0 Å². The number of rotatable bonds is 0. The fourth-order valence-corrected chi connectivity index (χ4v) is 9.69. The van der Waals surface area contributed by atoms with E-state index in [1.807, 2.05) is 24.3 Å². The van der Waals surface area contributed by atoms with E-state index in [1.54, 1.807) is 0 Å². The normalized spacial score (nSPS) is 15.0. The van der Waals surface area contributed by atoms with E-state index >= 15 is 0 Å². The minimum absolute atomic E-state index is 0. The molecule has 0 saturated carbocycles. The van der Waals surface area contributed by atoms with Gasteiger partial charge in [0.25, 0.3) is 0 Å². The Hall–Kier alpha value is -5.04. The second-order valence-corrected chi connectivity index (χ2v) is 13.3. The van der Waals surface area contributed by atoms with E-state index in [-0.39, 0.29) is 11.0 Å². The van der Waals surface area contributed by atoms with Gasteiger partial charge < -0.3 is 11.0 Å². The van der Waals surface area contributed by atoms with Crippen LogP contribution in [-0.4, -0.2) is 61.6 Å². The van der Waals surface area contributed by atoms with Crippen molar-refractivity contribution in [1.82, 2.24) is 5.58 Å². The van der Waals surface area contributed by atoms with E-state index in [9.17, 15) is 0 Å². The zero-order valence-corrected chi connectivity index (χ0v) is 25.2. The first-order valence-corrected chi connectivity index (χ1v) is 15.9. The molecular formula is C32H20N8O2Sn. The summed E-state index contributed by atoms with van der Waals surface area (Å²) in [7, 11) is 0. The van der Waals surface area contributed by atoms with Crippen LogP contribution in [0.2, 0.25) is 0 Å². The first-order valence-electron chi connectivity index (χ1n) is 13.3. The Morgan fingerprint density at radius 2 is 0.721 bits per heavy atom. The number of aromatic nitrogens is 2. The Bertz CT molecular complexity index is 2300. The number of benzene rings is 4. The number of hydrogen-bond donors (Lipinski definition) is 0. The Labute approximate surface area is 254 Å². The third-order valence-electron chi connectivity index (χ3n) is 7.95. The summed E-state index contributed by atoms with van der Waals surface area (Å²) in [5.74, 6) is 4.44. The third-order valence-corrected chi connectivity index (χ3v) is 11.5. The van der Waals surface area contributed by atoms with Crippen LogP contribution in [0, 0.1) is 0 Å². The average Bonchev–Trinajstić information content (AvgIpc) is 3.72. The molecule has 204 valence electrons. The molecule has 6 heterocycles. The van der Waals surface area contributed by atoms with Gasteiger partial charge in [0.2, 0.25) is 0 Å². The van der Waals surface area contributed by atoms with Gasteiger partial charge in [0.1, 0.15) is 0 Å². The van der Waals surface area contributed by atoms with Crippen molar-refractivity contribution in [3.05, 3.63) is 130 Å². The minimum atomic E-state index is -1.74. The number of amidine groups is 4. The van der Waals surface area contributed by atoms with Crippen LogP contribution in [0.15, 0.2) is 127 Å². The Morgan fingerprint density at radius 3 is 1.14 bits per heavy atom. The maximum absolute atomic E-state index is 5.26. The summed E-state index contributed by atoms with van der Waals surface area (Å²) in [6, 6.07) is 33.2. The van der Waals surface area contributed by atoms with Crippen molar-refractivity contribution in [2.24, 2.45) is 30.0 Å². The van der Waals surface area contributed by atoms with E-state index in [0.717, 1.165) is 66.4 Å². The van der Waals surface area contributed by atoms with Crippen LogP contribution in [0.5, 0.6) is 0 Å². The van der Waals surface area contributed by atoms with Gasteiger partial charge in [0, 0.05) is 0 Å². The molecule has 6 bridgehead atoms.